The lowest BCUT2D eigenvalue weighted by Gasteiger charge is -2.35. The van der Waals surface area contributed by atoms with E-state index >= 15 is 0 Å². The Morgan fingerprint density at radius 1 is 0.957 bits per heavy atom. The lowest BCUT2D eigenvalue weighted by molar-refractivity contribution is -0.137. The van der Waals surface area contributed by atoms with Crippen molar-refractivity contribution in [1.29, 1.82) is 0 Å². The summed E-state index contributed by atoms with van der Waals surface area (Å²) in [6.07, 6.45) is -1.29. The van der Waals surface area contributed by atoms with Crippen molar-refractivity contribution in [2.75, 3.05) is 37.6 Å². The molecule has 4 aromatic rings. The Bertz CT molecular complexity index is 1860. The highest BCUT2D eigenvalue weighted by atomic mass is 35.5. The Balaban J connectivity index is 1.20. The van der Waals surface area contributed by atoms with Crippen LogP contribution in [0.4, 0.5) is 19.0 Å². The molecular formula is C33H31ClF3N5O3S2. The number of piperazine rings is 1. The summed E-state index contributed by atoms with van der Waals surface area (Å²) in [4.78, 5) is 22.6. The molecule has 1 atom stereocenters. The SMILES string of the molecule is O=C(NCc1cc(-c2ccc(C(F)(F)F)cc2)nc(N2CCN(Cc3ccccc3)CC2)c1)[C@@H]1C=CCN1S(=O)(=O)c1ccc(Cl)s1. The first-order chi connectivity index (χ1) is 22.5. The minimum atomic E-state index is -4.46. The molecule has 14 heteroatoms. The van der Waals surface area contributed by atoms with E-state index in [0.717, 1.165) is 47.4 Å². The van der Waals surface area contributed by atoms with E-state index in [1.54, 1.807) is 18.2 Å². The Hall–Kier alpha value is -3.75. The number of pyridine rings is 1. The van der Waals surface area contributed by atoms with Gasteiger partial charge in [-0.1, -0.05) is 66.2 Å². The molecule has 2 aliphatic heterocycles. The lowest BCUT2D eigenvalue weighted by atomic mass is 10.1. The Morgan fingerprint density at radius 2 is 1.68 bits per heavy atom. The van der Waals surface area contributed by atoms with E-state index in [1.807, 2.05) is 24.3 Å². The number of hydrogen-bond acceptors (Lipinski definition) is 7. The van der Waals surface area contributed by atoms with Crippen LogP contribution >= 0.6 is 22.9 Å². The van der Waals surface area contributed by atoms with Crippen LogP contribution in [0.25, 0.3) is 11.3 Å². The molecule has 0 saturated carbocycles. The van der Waals surface area contributed by atoms with Crippen LogP contribution in [0.1, 0.15) is 16.7 Å². The third-order valence-corrected chi connectivity index (χ3v) is 11.6. The van der Waals surface area contributed by atoms with Gasteiger partial charge in [-0.25, -0.2) is 13.4 Å². The molecular weight excluding hydrogens is 671 g/mol. The van der Waals surface area contributed by atoms with Crippen molar-refractivity contribution >= 4 is 44.7 Å². The topological polar surface area (TPSA) is 85.8 Å². The van der Waals surface area contributed by atoms with Crippen molar-refractivity contribution in [3.63, 3.8) is 0 Å². The molecule has 1 N–H and O–H groups in total. The number of sulfonamides is 1. The second-order valence-electron chi connectivity index (χ2n) is 11.3. The van der Waals surface area contributed by atoms with Gasteiger partial charge in [0.1, 0.15) is 16.1 Å². The fourth-order valence-corrected chi connectivity index (χ4v) is 8.71. The van der Waals surface area contributed by atoms with Crippen LogP contribution in [0.15, 0.2) is 95.2 Å². The molecule has 2 aromatic carbocycles. The summed E-state index contributed by atoms with van der Waals surface area (Å²) in [6.45, 7) is 3.89. The molecule has 0 aliphatic carbocycles. The van der Waals surface area contributed by atoms with Crippen LogP contribution in [0.5, 0.6) is 0 Å². The van der Waals surface area contributed by atoms with Crippen LogP contribution in [0, 0.1) is 0 Å². The first-order valence-corrected chi connectivity index (χ1v) is 17.5. The highest BCUT2D eigenvalue weighted by Gasteiger charge is 2.37. The Kier molecular flexibility index (Phi) is 9.72. The number of halogens is 4. The molecule has 2 aliphatic rings. The van der Waals surface area contributed by atoms with Crippen molar-refractivity contribution < 1.29 is 26.4 Å². The number of benzene rings is 2. The summed E-state index contributed by atoms with van der Waals surface area (Å²) in [5.41, 5.74) is 2.11. The monoisotopic (exact) mass is 701 g/mol. The van der Waals surface area contributed by atoms with Crippen LogP contribution in [-0.2, 0) is 34.1 Å². The predicted molar refractivity (Wildman–Crippen MR) is 177 cm³/mol. The Morgan fingerprint density at radius 3 is 2.34 bits per heavy atom. The maximum atomic E-state index is 13.3. The molecule has 0 spiro atoms. The molecule has 246 valence electrons. The van der Waals surface area contributed by atoms with E-state index in [9.17, 15) is 26.4 Å². The molecule has 4 heterocycles. The summed E-state index contributed by atoms with van der Waals surface area (Å²) in [5, 5.41) is 2.85. The predicted octanol–water partition coefficient (Wildman–Crippen LogP) is 6.05. The minimum absolute atomic E-state index is 0.0453. The van der Waals surface area contributed by atoms with Gasteiger partial charge in [0.2, 0.25) is 5.91 Å². The van der Waals surface area contributed by atoms with Crippen LogP contribution in [0.3, 0.4) is 0 Å². The second-order valence-corrected chi connectivity index (χ2v) is 15.1. The van der Waals surface area contributed by atoms with Gasteiger partial charge in [-0.15, -0.1) is 11.3 Å². The zero-order valence-electron chi connectivity index (χ0n) is 25.0. The molecule has 8 nitrogen and oxygen atoms in total. The van der Waals surface area contributed by atoms with Gasteiger partial charge in [-0.3, -0.25) is 9.69 Å². The zero-order valence-corrected chi connectivity index (χ0v) is 27.4. The maximum Gasteiger partial charge on any atom is 0.416 e. The van der Waals surface area contributed by atoms with Crippen molar-refractivity contribution in [1.82, 2.24) is 19.5 Å². The Labute approximate surface area is 280 Å². The van der Waals surface area contributed by atoms with E-state index in [1.165, 1.54) is 29.8 Å². The van der Waals surface area contributed by atoms with E-state index in [0.29, 0.717) is 40.1 Å². The van der Waals surface area contributed by atoms with E-state index in [4.69, 9.17) is 16.6 Å². The van der Waals surface area contributed by atoms with Gasteiger partial charge in [0.25, 0.3) is 10.0 Å². The number of aromatic nitrogens is 1. The van der Waals surface area contributed by atoms with Gasteiger partial charge in [0.05, 0.1) is 15.6 Å². The van der Waals surface area contributed by atoms with Crippen LogP contribution in [-0.4, -0.2) is 67.3 Å². The van der Waals surface area contributed by atoms with Crippen LogP contribution in [0.2, 0.25) is 4.34 Å². The zero-order chi connectivity index (χ0) is 33.2. The van der Waals surface area contributed by atoms with Gasteiger partial charge >= 0.3 is 6.18 Å². The number of amides is 1. The largest absolute Gasteiger partial charge is 0.416 e. The average molecular weight is 702 g/mol. The standard InChI is InChI=1S/C33H31ClF3N5O3S2/c34-29-12-13-31(46-29)47(44,45)42-14-4-7-28(42)32(43)38-21-24-19-27(25-8-10-26(11-9-25)33(35,36)37)39-30(20-24)41-17-15-40(16-18-41)22-23-5-2-1-3-6-23/h1-13,19-20,28H,14-18,21-22H2,(H,38,43)/t28-/m0/s1. The van der Waals surface area contributed by atoms with Gasteiger partial charge in [-0.2, -0.15) is 17.5 Å². The lowest BCUT2D eigenvalue weighted by Crippen LogP contribution is -2.46. The van der Waals surface area contributed by atoms with Crippen molar-refractivity contribution in [2.45, 2.75) is 29.5 Å². The number of carbonyl (C=O) groups is 1. The number of thiophene rings is 1. The van der Waals surface area contributed by atoms with Gasteiger partial charge in [-0.05, 0) is 47.5 Å². The number of nitrogens with zero attached hydrogens (tertiary/aromatic N) is 4. The van der Waals surface area contributed by atoms with Crippen LogP contribution < -0.4 is 10.2 Å². The van der Waals surface area contributed by atoms with Crippen molar-refractivity contribution in [3.8, 4) is 11.3 Å². The summed E-state index contributed by atoms with van der Waals surface area (Å²) in [5.74, 6) is 0.138. The molecule has 2 aromatic heterocycles. The molecule has 47 heavy (non-hydrogen) atoms. The number of nitrogens with one attached hydrogen (secondary N) is 1. The highest BCUT2D eigenvalue weighted by Crippen LogP contribution is 2.33. The van der Waals surface area contributed by atoms with Gasteiger partial charge in [0, 0.05) is 51.4 Å². The first-order valence-electron chi connectivity index (χ1n) is 14.9. The van der Waals surface area contributed by atoms with Gasteiger partial charge in [0.15, 0.2) is 0 Å². The number of rotatable bonds is 9. The second kappa shape index (κ2) is 13.8. The summed E-state index contributed by atoms with van der Waals surface area (Å²) in [7, 11) is -3.95. The highest BCUT2D eigenvalue weighted by molar-refractivity contribution is 7.91. The molecule has 6 rings (SSSR count). The molecule has 0 unspecified atom stereocenters. The van der Waals surface area contributed by atoms with Crippen molar-refractivity contribution in [2.24, 2.45) is 0 Å². The van der Waals surface area contributed by atoms with Gasteiger partial charge < -0.3 is 10.2 Å². The molecule has 1 fully saturated rings. The fourth-order valence-electron chi connectivity index (χ4n) is 5.60. The fraction of sp³-hybridized carbons (Fsp3) is 0.273. The summed E-state index contributed by atoms with van der Waals surface area (Å²) < 4.78 is 67.7. The minimum Gasteiger partial charge on any atom is -0.354 e. The van der Waals surface area contributed by atoms with E-state index in [-0.39, 0.29) is 17.3 Å². The molecule has 0 bridgehead atoms. The quantitative estimate of drug-likeness (QED) is 0.214. The average Bonchev–Trinajstić information content (AvgIpc) is 3.75. The molecule has 0 radical (unpaired) electrons. The summed E-state index contributed by atoms with van der Waals surface area (Å²) >= 11 is 6.88. The first kappa shape index (κ1) is 33.2. The third-order valence-electron chi connectivity index (χ3n) is 8.09. The smallest absolute Gasteiger partial charge is 0.354 e. The third kappa shape index (κ3) is 7.71. The number of hydrogen-bond donors (Lipinski definition) is 1. The molecule has 1 amide bonds. The molecule has 1 saturated heterocycles. The number of anilines is 1. The van der Waals surface area contributed by atoms with E-state index in [2.05, 4.69) is 27.2 Å². The summed E-state index contributed by atoms with van der Waals surface area (Å²) in [6, 6.07) is 20.5. The van der Waals surface area contributed by atoms with E-state index < -0.39 is 33.7 Å². The maximum absolute atomic E-state index is 13.3. The number of carbonyl (C=O) groups excluding carboxylic acids is 1. The van der Waals surface area contributed by atoms with Crippen molar-refractivity contribution in [3.05, 3.63) is 112 Å². The number of alkyl halides is 3. The normalized spacial score (nSPS) is 17.7.